The van der Waals surface area contributed by atoms with Crippen molar-refractivity contribution < 1.29 is 14.3 Å². The number of ether oxygens (including phenoxy) is 1. The second-order valence-electron chi connectivity index (χ2n) is 7.44. The molecule has 0 bridgehead atoms. The van der Waals surface area contributed by atoms with Gasteiger partial charge >= 0.3 is 0 Å². The van der Waals surface area contributed by atoms with Gasteiger partial charge in [-0.2, -0.15) is 0 Å². The third-order valence-electron chi connectivity index (χ3n) is 5.58. The van der Waals surface area contributed by atoms with Gasteiger partial charge in [-0.05, 0) is 18.9 Å². The summed E-state index contributed by atoms with van der Waals surface area (Å²) in [5, 5.41) is 2.92. The van der Waals surface area contributed by atoms with E-state index in [2.05, 4.69) is 10.2 Å². The fourth-order valence-corrected chi connectivity index (χ4v) is 4.02. The van der Waals surface area contributed by atoms with Crippen molar-refractivity contribution in [1.82, 2.24) is 15.1 Å². The first-order valence-electron chi connectivity index (χ1n) is 10.1. The lowest BCUT2D eigenvalue weighted by Gasteiger charge is -2.36. The molecule has 0 spiro atoms. The Morgan fingerprint density at radius 2 is 1.81 bits per heavy atom. The van der Waals surface area contributed by atoms with E-state index in [0.717, 1.165) is 43.8 Å². The van der Waals surface area contributed by atoms with Gasteiger partial charge in [-0.25, -0.2) is 0 Å². The van der Waals surface area contributed by atoms with Gasteiger partial charge in [-0.1, -0.05) is 37.5 Å². The van der Waals surface area contributed by atoms with Gasteiger partial charge in [-0.3, -0.25) is 14.5 Å². The molecule has 2 aliphatic rings. The van der Waals surface area contributed by atoms with E-state index in [0.29, 0.717) is 13.1 Å². The number of benzene rings is 1. The Kier molecular flexibility index (Phi) is 7.10. The van der Waals surface area contributed by atoms with Crippen LogP contribution in [0, 0.1) is 0 Å². The number of para-hydroxylation sites is 1. The van der Waals surface area contributed by atoms with Crippen LogP contribution in [0.2, 0.25) is 0 Å². The van der Waals surface area contributed by atoms with Gasteiger partial charge in [0.2, 0.25) is 11.8 Å². The predicted octanol–water partition coefficient (Wildman–Crippen LogP) is 2.18. The second-order valence-corrected chi connectivity index (χ2v) is 7.44. The molecule has 27 heavy (non-hydrogen) atoms. The fraction of sp³-hybridized carbons (Fsp3) is 0.619. The third-order valence-corrected chi connectivity index (χ3v) is 5.58. The third kappa shape index (κ3) is 5.22. The first-order valence-corrected chi connectivity index (χ1v) is 10.1. The van der Waals surface area contributed by atoms with Crippen LogP contribution in [-0.4, -0.2) is 60.9 Å². The van der Waals surface area contributed by atoms with Gasteiger partial charge in [0.25, 0.3) is 0 Å². The summed E-state index contributed by atoms with van der Waals surface area (Å²) >= 11 is 0. The molecule has 1 aromatic carbocycles. The number of likely N-dealkylation sites (tertiary alicyclic amines) is 1. The molecule has 6 nitrogen and oxygen atoms in total. The number of hydrogen-bond acceptors (Lipinski definition) is 4. The van der Waals surface area contributed by atoms with E-state index in [-0.39, 0.29) is 18.2 Å². The number of rotatable bonds is 5. The van der Waals surface area contributed by atoms with Crippen LogP contribution in [0.5, 0.6) is 5.75 Å². The molecule has 1 N–H and O–H groups in total. The number of nitrogens with one attached hydrogen (secondary N) is 1. The number of piperazine rings is 1. The minimum absolute atomic E-state index is 0.0449. The van der Waals surface area contributed by atoms with E-state index in [1.165, 1.54) is 19.3 Å². The van der Waals surface area contributed by atoms with Crippen LogP contribution in [-0.2, 0) is 16.1 Å². The van der Waals surface area contributed by atoms with Crippen molar-refractivity contribution >= 4 is 11.8 Å². The number of nitrogens with zero attached hydrogens (tertiary/aromatic N) is 2. The Bertz CT molecular complexity index is 641. The zero-order valence-electron chi connectivity index (χ0n) is 16.3. The summed E-state index contributed by atoms with van der Waals surface area (Å²) in [5.41, 5.74) is 1.04. The first kappa shape index (κ1) is 19.7. The zero-order chi connectivity index (χ0) is 19.1. The molecule has 148 valence electrons. The zero-order valence-corrected chi connectivity index (χ0v) is 16.3. The average molecular weight is 373 g/mol. The van der Waals surface area contributed by atoms with Gasteiger partial charge in [0.05, 0.1) is 19.6 Å². The van der Waals surface area contributed by atoms with E-state index in [1.807, 2.05) is 29.2 Å². The predicted molar refractivity (Wildman–Crippen MR) is 104 cm³/mol. The molecule has 2 fully saturated rings. The van der Waals surface area contributed by atoms with Crippen molar-refractivity contribution in [3.63, 3.8) is 0 Å². The molecule has 0 radical (unpaired) electrons. The molecule has 0 aliphatic carbocycles. The quantitative estimate of drug-likeness (QED) is 0.859. The van der Waals surface area contributed by atoms with E-state index in [4.69, 9.17) is 4.74 Å². The largest absolute Gasteiger partial charge is 0.496 e. The number of carbonyl (C=O) groups is 2. The van der Waals surface area contributed by atoms with E-state index >= 15 is 0 Å². The number of hydrogen-bond donors (Lipinski definition) is 1. The Balaban J connectivity index is 1.68. The molecule has 0 saturated carbocycles. The topological polar surface area (TPSA) is 61.9 Å². The molecular weight excluding hydrogens is 342 g/mol. The lowest BCUT2D eigenvalue weighted by molar-refractivity contribution is -0.139. The highest BCUT2D eigenvalue weighted by Gasteiger charge is 2.33. The maximum atomic E-state index is 12.9. The lowest BCUT2D eigenvalue weighted by atomic mass is 10.0. The second kappa shape index (κ2) is 9.74. The fourth-order valence-electron chi connectivity index (χ4n) is 4.02. The Morgan fingerprint density at radius 3 is 2.56 bits per heavy atom. The summed E-state index contributed by atoms with van der Waals surface area (Å²) in [5.74, 6) is 0.873. The van der Waals surface area contributed by atoms with Crippen molar-refractivity contribution in [3.8, 4) is 5.75 Å². The molecular formula is C21H31N3O3. The maximum Gasteiger partial charge on any atom is 0.237 e. The van der Waals surface area contributed by atoms with Gasteiger partial charge in [0.1, 0.15) is 5.75 Å². The van der Waals surface area contributed by atoms with Gasteiger partial charge < -0.3 is 15.0 Å². The summed E-state index contributed by atoms with van der Waals surface area (Å²) in [4.78, 5) is 29.5. The number of methoxy groups -OCH3 is 1. The van der Waals surface area contributed by atoms with Crippen LogP contribution >= 0.6 is 0 Å². The molecule has 2 saturated heterocycles. The first-order chi connectivity index (χ1) is 13.2. The molecule has 3 rings (SSSR count). The van der Waals surface area contributed by atoms with Crippen LogP contribution in [0.25, 0.3) is 0 Å². The highest BCUT2D eigenvalue weighted by molar-refractivity contribution is 5.88. The summed E-state index contributed by atoms with van der Waals surface area (Å²) in [6.07, 6.45) is 6.02. The standard InChI is InChI=1S/C21H31N3O3/c1-27-19-10-6-5-9-17(19)16-24-14-11-22-21(26)18(24)15-20(25)23-12-7-3-2-4-8-13-23/h5-6,9-10,18H,2-4,7-8,11-16H2,1H3,(H,22,26). The van der Waals surface area contributed by atoms with Crippen LogP contribution in [0.15, 0.2) is 24.3 Å². The number of amides is 2. The summed E-state index contributed by atoms with van der Waals surface area (Å²) < 4.78 is 5.45. The van der Waals surface area contributed by atoms with Gasteiger partial charge in [0.15, 0.2) is 0 Å². The minimum Gasteiger partial charge on any atom is -0.496 e. The van der Waals surface area contributed by atoms with Crippen molar-refractivity contribution in [2.24, 2.45) is 0 Å². The minimum atomic E-state index is -0.415. The average Bonchev–Trinajstić information content (AvgIpc) is 2.64. The van der Waals surface area contributed by atoms with Gasteiger partial charge in [-0.15, -0.1) is 0 Å². The summed E-state index contributed by atoms with van der Waals surface area (Å²) in [6.45, 7) is 3.60. The van der Waals surface area contributed by atoms with Gasteiger partial charge in [0, 0.05) is 38.3 Å². The highest BCUT2D eigenvalue weighted by Crippen LogP contribution is 2.22. The van der Waals surface area contributed by atoms with E-state index < -0.39 is 6.04 Å². The van der Waals surface area contributed by atoms with Crippen LogP contribution in [0.4, 0.5) is 0 Å². The van der Waals surface area contributed by atoms with Crippen molar-refractivity contribution in [3.05, 3.63) is 29.8 Å². The van der Waals surface area contributed by atoms with Crippen molar-refractivity contribution in [2.75, 3.05) is 33.3 Å². The van der Waals surface area contributed by atoms with E-state index in [9.17, 15) is 9.59 Å². The Hall–Kier alpha value is -2.08. The Labute approximate surface area is 161 Å². The van der Waals surface area contributed by atoms with Crippen molar-refractivity contribution in [1.29, 1.82) is 0 Å². The smallest absolute Gasteiger partial charge is 0.237 e. The van der Waals surface area contributed by atoms with Crippen LogP contribution in [0.3, 0.4) is 0 Å². The lowest BCUT2D eigenvalue weighted by Crippen LogP contribution is -2.56. The molecule has 2 aliphatic heterocycles. The SMILES string of the molecule is COc1ccccc1CN1CCNC(=O)C1CC(=O)N1CCCCCCC1. The summed E-state index contributed by atoms with van der Waals surface area (Å²) in [7, 11) is 1.66. The molecule has 1 aromatic rings. The highest BCUT2D eigenvalue weighted by atomic mass is 16.5. The Morgan fingerprint density at radius 1 is 1.11 bits per heavy atom. The molecule has 1 atom stereocenters. The molecule has 0 aromatic heterocycles. The molecule has 2 amide bonds. The maximum absolute atomic E-state index is 12.9. The molecule has 6 heteroatoms. The normalized spacial score (nSPS) is 21.9. The summed E-state index contributed by atoms with van der Waals surface area (Å²) in [6, 6.07) is 7.44. The van der Waals surface area contributed by atoms with Crippen LogP contribution in [0.1, 0.15) is 44.1 Å². The number of carbonyl (C=O) groups excluding carboxylic acids is 2. The molecule has 2 heterocycles. The van der Waals surface area contributed by atoms with Crippen LogP contribution < -0.4 is 10.1 Å². The molecule has 1 unspecified atom stereocenters. The van der Waals surface area contributed by atoms with Crippen molar-refractivity contribution in [2.45, 2.75) is 51.1 Å². The van der Waals surface area contributed by atoms with E-state index in [1.54, 1.807) is 7.11 Å². The monoisotopic (exact) mass is 373 g/mol.